The standard InChI is InChI=1S/C17H24N4O3S/c18-13-5-1-4-12(10-13)17(22)20-14-6-2-7-15(11-14)25(23,24)21-16-8-3-9-19-16/h2,6-7,11-13H,1,3-5,8-10,18H2,(H,19,21)(H,20,22). The lowest BCUT2D eigenvalue weighted by atomic mass is 9.85. The lowest BCUT2D eigenvalue weighted by Gasteiger charge is -2.25. The van der Waals surface area contributed by atoms with E-state index in [2.05, 4.69) is 15.0 Å². The van der Waals surface area contributed by atoms with Crippen molar-refractivity contribution in [3.05, 3.63) is 24.3 Å². The lowest BCUT2D eigenvalue weighted by Crippen LogP contribution is -2.34. The number of rotatable bonds is 4. The highest BCUT2D eigenvalue weighted by Gasteiger charge is 2.26. The third-order valence-corrected chi connectivity index (χ3v) is 6.00. The van der Waals surface area contributed by atoms with Crippen LogP contribution >= 0.6 is 0 Å². The van der Waals surface area contributed by atoms with Crippen molar-refractivity contribution in [2.24, 2.45) is 16.6 Å². The first kappa shape index (κ1) is 17.9. The zero-order valence-corrected chi connectivity index (χ0v) is 14.9. The number of carbonyl (C=O) groups is 1. The van der Waals surface area contributed by atoms with E-state index >= 15 is 0 Å². The highest BCUT2D eigenvalue weighted by molar-refractivity contribution is 7.90. The van der Waals surface area contributed by atoms with Gasteiger partial charge in [-0.05, 0) is 43.9 Å². The molecule has 2 unspecified atom stereocenters. The normalized spacial score (nSPS) is 23.8. The molecule has 136 valence electrons. The Kier molecular flexibility index (Phi) is 5.39. The number of benzene rings is 1. The molecule has 1 amide bonds. The minimum Gasteiger partial charge on any atom is -0.328 e. The molecular weight excluding hydrogens is 340 g/mol. The number of nitrogens with one attached hydrogen (secondary N) is 2. The third kappa shape index (κ3) is 4.58. The summed E-state index contributed by atoms with van der Waals surface area (Å²) in [5, 5.41) is 2.82. The van der Waals surface area contributed by atoms with Gasteiger partial charge in [-0.2, -0.15) is 0 Å². The Morgan fingerprint density at radius 1 is 1.24 bits per heavy atom. The molecule has 2 atom stereocenters. The summed E-state index contributed by atoms with van der Waals surface area (Å²) in [5.41, 5.74) is 6.41. The Bertz CT molecular complexity index is 776. The molecule has 8 heteroatoms. The molecule has 1 aromatic carbocycles. The van der Waals surface area contributed by atoms with Crippen molar-refractivity contribution in [2.45, 2.75) is 49.5 Å². The molecular formula is C17H24N4O3S. The zero-order chi connectivity index (χ0) is 17.9. The van der Waals surface area contributed by atoms with Crippen LogP contribution in [0.4, 0.5) is 5.69 Å². The van der Waals surface area contributed by atoms with E-state index in [0.29, 0.717) is 30.9 Å². The Morgan fingerprint density at radius 2 is 2.08 bits per heavy atom. The van der Waals surface area contributed by atoms with Gasteiger partial charge in [0.15, 0.2) is 0 Å². The van der Waals surface area contributed by atoms with E-state index in [1.807, 2.05) is 0 Å². The van der Waals surface area contributed by atoms with E-state index in [4.69, 9.17) is 5.73 Å². The molecule has 0 radical (unpaired) electrons. The summed E-state index contributed by atoms with van der Waals surface area (Å²) in [4.78, 5) is 16.6. The van der Waals surface area contributed by atoms with Crippen LogP contribution in [0, 0.1) is 5.92 Å². The summed E-state index contributed by atoms with van der Waals surface area (Å²) < 4.78 is 27.4. The number of nitrogens with two attached hydrogens (primary N) is 1. The number of aliphatic imine (C=N–C) groups is 1. The van der Waals surface area contributed by atoms with Gasteiger partial charge in [-0.25, -0.2) is 8.42 Å². The number of anilines is 1. The number of hydrogen-bond donors (Lipinski definition) is 3. The van der Waals surface area contributed by atoms with Crippen LogP contribution < -0.4 is 15.8 Å². The molecule has 7 nitrogen and oxygen atoms in total. The average Bonchev–Trinajstić information content (AvgIpc) is 3.07. The van der Waals surface area contributed by atoms with Gasteiger partial charge < -0.3 is 11.1 Å². The average molecular weight is 364 g/mol. The smallest absolute Gasteiger partial charge is 0.262 e. The van der Waals surface area contributed by atoms with Crippen molar-refractivity contribution in [1.29, 1.82) is 0 Å². The molecule has 3 rings (SSSR count). The molecule has 2 aliphatic rings. The van der Waals surface area contributed by atoms with Gasteiger partial charge in [0.1, 0.15) is 5.84 Å². The molecule has 1 saturated carbocycles. The van der Waals surface area contributed by atoms with Crippen LogP contribution in [0.5, 0.6) is 0 Å². The van der Waals surface area contributed by atoms with Crippen LogP contribution in [-0.4, -0.2) is 32.7 Å². The summed E-state index contributed by atoms with van der Waals surface area (Å²) in [7, 11) is -3.69. The first-order valence-electron chi connectivity index (χ1n) is 8.67. The Labute approximate surface area is 148 Å². The fourth-order valence-corrected chi connectivity index (χ4v) is 4.42. The molecule has 0 bridgehead atoms. The first-order valence-corrected chi connectivity index (χ1v) is 10.1. The van der Waals surface area contributed by atoms with Crippen LogP contribution in [-0.2, 0) is 14.8 Å². The van der Waals surface area contributed by atoms with E-state index in [1.165, 1.54) is 12.1 Å². The van der Waals surface area contributed by atoms with Crippen LogP contribution in [0.25, 0.3) is 0 Å². The van der Waals surface area contributed by atoms with Crippen LogP contribution in [0.2, 0.25) is 0 Å². The maximum absolute atomic E-state index is 12.4. The quantitative estimate of drug-likeness (QED) is 0.753. The van der Waals surface area contributed by atoms with Crippen molar-refractivity contribution >= 4 is 27.5 Å². The molecule has 0 spiro atoms. The molecule has 1 aromatic rings. The monoisotopic (exact) mass is 364 g/mol. The third-order valence-electron chi connectivity index (χ3n) is 4.62. The highest BCUT2D eigenvalue weighted by Crippen LogP contribution is 2.25. The second-order valence-electron chi connectivity index (χ2n) is 6.68. The van der Waals surface area contributed by atoms with E-state index in [-0.39, 0.29) is 22.8 Å². The molecule has 0 saturated heterocycles. The predicted molar refractivity (Wildman–Crippen MR) is 96.9 cm³/mol. The maximum Gasteiger partial charge on any atom is 0.262 e. The van der Waals surface area contributed by atoms with E-state index < -0.39 is 10.0 Å². The Morgan fingerprint density at radius 3 is 2.80 bits per heavy atom. The number of hydrogen-bond acceptors (Lipinski definition) is 5. The van der Waals surface area contributed by atoms with Crippen molar-refractivity contribution in [1.82, 2.24) is 4.72 Å². The molecule has 25 heavy (non-hydrogen) atoms. The van der Waals surface area contributed by atoms with E-state index in [0.717, 1.165) is 25.7 Å². The van der Waals surface area contributed by atoms with Gasteiger partial charge in [0.2, 0.25) is 5.91 Å². The topological polar surface area (TPSA) is 114 Å². The van der Waals surface area contributed by atoms with Gasteiger partial charge in [-0.1, -0.05) is 12.5 Å². The van der Waals surface area contributed by atoms with Gasteiger partial charge in [0, 0.05) is 30.6 Å². The van der Waals surface area contributed by atoms with Crippen LogP contribution in [0.1, 0.15) is 38.5 Å². The summed E-state index contributed by atoms with van der Waals surface area (Å²) >= 11 is 0. The van der Waals surface area contributed by atoms with E-state index in [1.54, 1.807) is 12.1 Å². The van der Waals surface area contributed by atoms with Gasteiger partial charge in [-0.3, -0.25) is 14.5 Å². The summed E-state index contributed by atoms with van der Waals surface area (Å²) in [5.74, 6) is 0.276. The predicted octanol–water partition coefficient (Wildman–Crippen LogP) is 1.61. The Hall–Kier alpha value is -1.93. The van der Waals surface area contributed by atoms with Gasteiger partial charge in [0.05, 0.1) is 4.90 Å². The van der Waals surface area contributed by atoms with Crippen molar-refractivity contribution in [3.63, 3.8) is 0 Å². The number of amides is 1. The number of sulfonamides is 1. The summed E-state index contributed by atoms with van der Waals surface area (Å²) in [6.45, 7) is 0.650. The Balaban J connectivity index is 1.69. The summed E-state index contributed by atoms with van der Waals surface area (Å²) in [6, 6.07) is 6.34. The molecule has 1 fully saturated rings. The van der Waals surface area contributed by atoms with Crippen LogP contribution in [0.15, 0.2) is 34.2 Å². The fourth-order valence-electron chi connectivity index (χ4n) is 3.29. The van der Waals surface area contributed by atoms with Crippen LogP contribution in [0.3, 0.4) is 0 Å². The second kappa shape index (κ2) is 7.53. The summed E-state index contributed by atoms with van der Waals surface area (Å²) in [6.07, 6.45) is 4.88. The lowest BCUT2D eigenvalue weighted by molar-refractivity contribution is -0.120. The first-order chi connectivity index (χ1) is 11.9. The number of amidine groups is 1. The van der Waals surface area contributed by atoms with Gasteiger partial charge >= 0.3 is 0 Å². The van der Waals surface area contributed by atoms with Gasteiger partial charge in [-0.15, -0.1) is 0 Å². The highest BCUT2D eigenvalue weighted by atomic mass is 32.2. The molecule has 4 N–H and O–H groups in total. The zero-order valence-electron chi connectivity index (χ0n) is 14.1. The second-order valence-corrected chi connectivity index (χ2v) is 8.36. The minimum atomic E-state index is -3.69. The molecule has 1 aliphatic carbocycles. The minimum absolute atomic E-state index is 0.0626. The number of carbonyl (C=O) groups excluding carboxylic acids is 1. The molecule has 1 heterocycles. The maximum atomic E-state index is 12.4. The van der Waals surface area contributed by atoms with E-state index in [9.17, 15) is 13.2 Å². The van der Waals surface area contributed by atoms with Crippen molar-refractivity contribution in [2.75, 3.05) is 11.9 Å². The molecule has 0 aromatic heterocycles. The molecule has 1 aliphatic heterocycles. The fraction of sp³-hybridized carbons (Fsp3) is 0.529. The van der Waals surface area contributed by atoms with Gasteiger partial charge in [0.25, 0.3) is 10.0 Å². The van der Waals surface area contributed by atoms with Crippen molar-refractivity contribution < 1.29 is 13.2 Å². The SMILES string of the molecule is NC1CCCC(C(=O)Nc2cccc(S(=O)(=O)NC3=NCCC3)c2)C1. The largest absolute Gasteiger partial charge is 0.328 e. The number of nitrogens with zero attached hydrogens (tertiary/aromatic N) is 1. The van der Waals surface area contributed by atoms with Crippen molar-refractivity contribution in [3.8, 4) is 0 Å².